The number of fused-ring (bicyclic) bond motifs is 3. The van der Waals surface area contributed by atoms with Crippen molar-refractivity contribution in [3.05, 3.63) is 77.4 Å². The molecule has 1 N–H and O–H groups in total. The molecule has 36 heavy (non-hydrogen) atoms. The highest BCUT2D eigenvalue weighted by atomic mass is 16.6. The van der Waals surface area contributed by atoms with Crippen LogP contribution >= 0.6 is 0 Å². The molecule has 4 rings (SSSR count). The lowest BCUT2D eigenvalue weighted by Gasteiger charge is -2.28. The number of carboxylic acids is 1. The standard InChI is InChI=1S/C28H29NO7/c1-5-29(25(27(30)31)17-14-23(33-2)26(35-4)24(15-17)34-3)28(32)36-16-22-20-12-8-6-10-18(20)19-11-7-9-13-21(19)22/h6-15,22,25H,5,16H2,1-4H3,(H,30,31). The number of methoxy groups -OCH3 is 3. The molecule has 1 aliphatic rings. The first-order valence-corrected chi connectivity index (χ1v) is 11.6. The number of benzene rings is 3. The van der Waals surface area contributed by atoms with Crippen LogP contribution in [-0.2, 0) is 9.53 Å². The minimum Gasteiger partial charge on any atom is -0.493 e. The van der Waals surface area contributed by atoms with Crippen molar-refractivity contribution in [2.45, 2.75) is 18.9 Å². The van der Waals surface area contributed by atoms with Crippen LogP contribution in [0.2, 0.25) is 0 Å². The van der Waals surface area contributed by atoms with Crippen LogP contribution in [0.5, 0.6) is 17.2 Å². The molecule has 1 unspecified atom stereocenters. The van der Waals surface area contributed by atoms with E-state index in [1.807, 2.05) is 36.4 Å². The maximum Gasteiger partial charge on any atom is 0.410 e. The summed E-state index contributed by atoms with van der Waals surface area (Å²) in [5, 5.41) is 10.1. The van der Waals surface area contributed by atoms with Gasteiger partial charge in [-0.1, -0.05) is 48.5 Å². The molecule has 3 aromatic carbocycles. The van der Waals surface area contributed by atoms with E-state index >= 15 is 0 Å². The number of aliphatic carboxylic acids is 1. The highest BCUT2D eigenvalue weighted by Crippen LogP contribution is 2.45. The van der Waals surface area contributed by atoms with Gasteiger partial charge in [0.05, 0.1) is 21.3 Å². The number of nitrogens with zero attached hydrogens (tertiary/aromatic N) is 1. The quantitative estimate of drug-likeness (QED) is 0.445. The van der Waals surface area contributed by atoms with Crippen molar-refractivity contribution < 1.29 is 33.6 Å². The van der Waals surface area contributed by atoms with Gasteiger partial charge in [-0.2, -0.15) is 0 Å². The van der Waals surface area contributed by atoms with E-state index in [1.54, 1.807) is 6.92 Å². The van der Waals surface area contributed by atoms with E-state index in [9.17, 15) is 14.7 Å². The minimum absolute atomic E-state index is 0.0882. The SMILES string of the molecule is CCN(C(=O)OCC1c2ccccc2-c2ccccc21)C(C(=O)O)c1cc(OC)c(OC)c(OC)c1. The van der Waals surface area contributed by atoms with E-state index < -0.39 is 18.1 Å². The molecule has 188 valence electrons. The summed E-state index contributed by atoms with van der Waals surface area (Å²) in [6.45, 7) is 1.91. The van der Waals surface area contributed by atoms with E-state index in [1.165, 1.54) is 38.4 Å². The number of carbonyl (C=O) groups is 2. The van der Waals surface area contributed by atoms with E-state index in [4.69, 9.17) is 18.9 Å². The molecular weight excluding hydrogens is 462 g/mol. The van der Waals surface area contributed by atoms with Gasteiger partial charge in [-0.15, -0.1) is 0 Å². The van der Waals surface area contributed by atoms with E-state index in [0.717, 1.165) is 22.3 Å². The first-order valence-electron chi connectivity index (χ1n) is 11.6. The summed E-state index contributed by atoms with van der Waals surface area (Å²) < 4.78 is 21.8. The highest BCUT2D eigenvalue weighted by molar-refractivity contribution is 5.83. The lowest BCUT2D eigenvalue weighted by atomic mass is 9.98. The van der Waals surface area contributed by atoms with Gasteiger partial charge in [0.1, 0.15) is 6.61 Å². The summed E-state index contributed by atoms with van der Waals surface area (Å²) in [4.78, 5) is 26.8. The summed E-state index contributed by atoms with van der Waals surface area (Å²) in [6.07, 6.45) is -0.722. The third kappa shape index (κ3) is 4.42. The number of amides is 1. The number of hydrogen-bond donors (Lipinski definition) is 1. The zero-order valence-corrected chi connectivity index (χ0v) is 20.7. The average Bonchev–Trinajstić information content (AvgIpc) is 3.22. The molecule has 0 heterocycles. The second-order valence-electron chi connectivity index (χ2n) is 8.29. The molecule has 0 saturated heterocycles. The van der Waals surface area contributed by atoms with E-state index in [2.05, 4.69) is 12.1 Å². The molecule has 1 atom stereocenters. The van der Waals surface area contributed by atoms with Crippen LogP contribution in [0.4, 0.5) is 4.79 Å². The van der Waals surface area contributed by atoms with Crippen molar-refractivity contribution in [1.29, 1.82) is 0 Å². The normalized spacial score (nSPS) is 12.8. The molecule has 1 amide bonds. The Bertz CT molecular complexity index is 1200. The van der Waals surface area contributed by atoms with Gasteiger partial charge < -0.3 is 24.1 Å². The van der Waals surface area contributed by atoms with Gasteiger partial charge in [0.2, 0.25) is 5.75 Å². The molecule has 8 nitrogen and oxygen atoms in total. The number of ether oxygens (including phenoxy) is 4. The van der Waals surface area contributed by atoms with Crippen molar-refractivity contribution in [2.24, 2.45) is 0 Å². The van der Waals surface area contributed by atoms with Gasteiger partial charge in [0.15, 0.2) is 17.5 Å². The monoisotopic (exact) mass is 491 g/mol. The summed E-state index contributed by atoms with van der Waals surface area (Å²) in [7, 11) is 4.35. The molecule has 1 aliphatic carbocycles. The summed E-state index contributed by atoms with van der Waals surface area (Å²) in [5.41, 5.74) is 4.68. The molecule has 0 aromatic heterocycles. The van der Waals surface area contributed by atoms with Crippen LogP contribution < -0.4 is 14.2 Å². The molecule has 8 heteroatoms. The van der Waals surface area contributed by atoms with Crippen molar-refractivity contribution >= 4 is 12.1 Å². The van der Waals surface area contributed by atoms with Gasteiger partial charge >= 0.3 is 12.1 Å². The van der Waals surface area contributed by atoms with Gasteiger partial charge in [-0.05, 0) is 46.9 Å². The zero-order chi connectivity index (χ0) is 25.8. The number of likely N-dealkylation sites (N-methyl/N-ethyl adjacent to an activating group) is 1. The number of carboxylic acid groups (broad SMARTS) is 1. The first kappa shape index (κ1) is 24.9. The maximum atomic E-state index is 13.3. The van der Waals surface area contributed by atoms with E-state index in [0.29, 0.717) is 22.8 Å². The van der Waals surface area contributed by atoms with Crippen LogP contribution in [-0.4, -0.2) is 56.6 Å². The Labute approximate surface area is 210 Å². The average molecular weight is 492 g/mol. The fourth-order valence-electron chi connectivity index (χ4n) is 4.81. The number of rotatable bonds is 9. The zero-order valence-electron chi connectivity index (χ0n) is 20.7. The fourth-order valence-corrected chi connectivity index (χ4v) is 4.81. The Morgan fingerprint density at radius 2 is 1.42 bits per heavy atom. The Hall–Kier alpha value is -4.20. The van der Waals surface area contributed by atoms with Crippen LogP contribution in [0.1, 0.15) is 35.6 Å². The molecule has 3 aromatic rings. The molecule has 0 spiro atoms. The van der Waals surface area contributed by atoms with Crippen molar-refractivity contribution in [1.82, 2.24) is 4.90 Å². The topological polar surface area (TPSA) is 94.5 Å². The van der Waals surface area contributed by atoms with Crippen LogP contribution in [0.3, 0.4) is 0 Å². The Kier molecular flexibility index (Phi) is 7.33. The van der Waals surface area contributed by atoms with Gasteiger partial charge in [-0.25, -0.2) is 9.59 Å². The van der Waals surface area contributed by atoms with Crippen LogP contribution in [0, 0.1) is 0 Å². The Balaban J connectivity index is 1.61. The number of carbonyl (C=O) groups excluding carboxylic acids is 1. The lowest BCUT2D eigenvalue weighted by molar-refractivity contribution is -0.143. The largest absolute Gasteiger partial charge is 0.493 e. The minimum atomic E-state index is -1.32. The third-order valence-electron chi connectivity index (χ3n) is 6.46. The predicted molar refractivity (Wildman–Crippen MR) is 134 cm³/mol. The van der Waals surface area contributed by atoms with Gasteiger partial charge in [-0.3, -0.25) is 4.90 Å². The first-order chi connectivity index (χ1) is 17.4. The van der Waals surface area contributed by atoms with Crippen LogP contribution in [0.25, 0.3) is 11.1 Å². The smallest absolute Gasteiger partial charge is 0.410 e. The van der Waals surface area contributed by atoms with Crippen molar-refractivity contribution in [2.75, 3.05) is 34.5 Å². The molecule has 0 aliphatic heterocycles. The lowest BCUT2D eigenvalue weighted by Crippen LogP contribution is -2.39. The maximum absolute atomic E-state index is 13.3. The summed E-state index contributed by atoms with van der Waals surface area (Å²) in [5.74, 6) is -0.426. The highest BCUT2D eigenvalue weighted by Gasteiger charge is 2.35. The van der Waals surface area contributed by atoms with Crippen LogP contribution in [0.15, 0.2) is 60.7 Å². The van der Waals surface area contributed by atoms with Gasteiger partial charge in [0.25, 0.3) is 0 Å². The fraction of sp³-hybridized carbons (Fsp3) is 0.286. The van der Waals surface area contributed by atoms with Crippen molar-refractivity contribution in [3.8, 4) is 28.4 Å². The van der Waals surface area contributed by atoms with Crippen molar-refractivity contribution in [3.63, 3.8) is 0 Å². The summed E-state index contributed by atoms with van der Waals surface area (Å²) in [6, 6.07) is 17.8. The molecular formula is C28H29NO7. The molecule has 0 fully saturated rings. The molecule has 0 saturated carbocycles. The summed E-state index contributed by atoms with van der Waals surface area (Å²) >= 11 is 0. The predicted octanol–water partition coefficient (Wildman–Crippen LogP) is 5.11. The third-order valence-corrected chi connectivity index (χ3v) is 6.46. The Morgan fingerprint density at radius 3 is 1.86 bits per heavy atom. The number of hydrogen-bond acceptors (Lipinski definition) is 6. The Morgan fingerprint density at radius 1 is 0.889 bits per heavy atom. The molecule has 0 bridgehead atoms. The molecule has 0 radical (unpaired) electrons. The van der Waals surface area contributed by atoms with E-state index in [-0.39, 0.29) is 19.1 Å². The second kappa shape index (κ2) is 10.6. The second-order valence-corrected chi connectivity index (χ2v) is 8.29. The van der Waals surface area contributed by atoms with Gasteiger partial charge in [0, 0.05) is 12.5 Å².